The number of thiocarbonyl (C=S) groups is 1. The molecule has 33 heavy (non-hydrogen) atoms. The van der Waals surface area contributed by atoms with E-state index in [1.54, 1.807) is 12.0 Å². The first-order chi connectivity index (χ1) is 16.1. The van der Waals surface area contributed by atoms with E-state index in [1.807, 2.05) is 65.5 Å². The molecule has 0 atom stereocenters. The lowest BCUT2D eigenvalue weighted by Crippen LogP contribution is -2.29. The first-order valence-corrected chi connectivity index (χ1v) is 11.7. The van der Waals surface area contributed by atoms with Crippen LogP contribution in [-0.2, 0) is 9.53 Å². The Morgan fingerprint density at radius 1 is 1.18 bits per heavy atom. The van der Waals surface area contributed by atoms with Gasteiger partial charge in [-0.25, -0.2) is 4.68 Å². The van der Waals surface area contributed by atoms with Gasteiger partial charge in [-0.3, -0.25) is 9.69 Å². The van der Waals surface area contributed by atoms with Crippen LogP contribution in [0.15, 0.2) is 59.6 Å². The predicted octanol–water partition coefficient (Wildman–Crippen LogP) is 4.51. The van der Waals surface area contributed by atoms with E-state index in [-0.39, 0.29) is 12.7 Å². The Labute approximate surface area is 200 Å². The molecule has 3 aromatic rings. The van der Waals surface area contributed by atoms with Crippen LogP contribution in [0.3, 0.4) is 0 Å². The highest BCUT2D eigenvalue weighted by atomic mass is 32.2. The zero-order chi connectivity index (χ0) is 22.8. The summed E-state index contributed by atoms with van der Waals surface area (Å²) in [6.07, 6.45) is 4.51. The molecule has 0 bridgehead atoms. The Balaban J connectivity index is 1.53. The summed E-state index contributed by atoms with van der Waals surface area (Å²) in [5, 5.41) is 4.83. The van der Waals surface area contributed by atoms with E-state index in [2.05, 4.69) is 0 Å². The number of hydrogen-bond acceptors (Lipinski definition) is 7. The quantitative estimate of drug-likeness (QED) is 0.281. The van der Waals surface area contributed by atoms with Gasteiger partial charge in [0.15, 0.2) is 11.5 Å². The first-order valence-electron chi connectivity index (χ1n) is 10.4. The minimum Gasteiger partial charge on any atom is -0.454 e. The van der Waals surface area contributed by atoms with Gasteiger partial charge in [-0.15, -0.1) is 0 Å². The summed E-state index contributed by atoms with van der Waals surface area (Å²) >= 11 is 6.77. The maximum Gasteiger partial charge on any atom is 0.266 e. The normalized spacial score (nSPS) is 16.3. The SMILES string of the molecule is COCCCN1C(=O)/C(=C/c2cn(-c3ccccc3)nc2-c2ccc3c(c2)OCO3)SC1=S. The molecular formula is C24H21N3O4S2. The van der Waals surface area contributed by atoms with Crippen molar-refractivity contribution in [3.63, 3.8) is 0 Å². The van der Waals surface area contributed by atoms with E-state index < -0.39 is 0 Å². The lowest BCUT2D eigenvalue weighted by Gasteiger charge is -2.13. The second kappa shape index (κ2) is 9.38. The molecule has 3 heterocycles. The van der Waals surface area contributed by atoms with Gasteiger partial charge in [0.05, 0.1) is 10.6 Å². The van der Waals surface area contributed by atoms with Crippen LogP contribution < -0.4 is 9.47 Å². The monoisotopic (exact) mass is 479 g/mol. The number of methoxy groups -OCH3 is 1. The lowest BCUT2D eigenvalue weighted by atomic mass is 10.1. The summed E-state index contributed by atoms with van der Waals surface area (Å²) in [6.45, 7) is 1.32. The van der Waals surface area contributed by atoms with Crippen molar-refractivity contribution in [1.29, 1.82) is 0 Å². The zero-order valence-electron chi connectivity index (χ0n) is 17.9. The molecule has 1 saturated heterocycles. The van der Waals surface area contributed by atoms with Crippen LogP contribution in [0, 0.1) is 0 Å². The van der Waals surface area contributed by atoms with Crippen LogP contribution in [0.5, 0.6) is 11.5 Å². The maximum atomic E-state index is 13.0. The number of benzene rings is 2. The van der Waals surface area contributed by atoms with Crippen molar-refractivity contribution < 1.29 is 19.0 Å². The number of hydrogen-bond donors (Lipinski definition) is 0. The Kier molecular flexibility index (Phi) is 6.17. The number of rotatable bonds is 7. The van der Waals surface area contributed by atoms with Crippen molar-refractivity contribution in [2.24, 2.45) is 0 Å². The molecule has 9 heteroatoms. The third kappa shape index (κ3) is 4.39. The van der Waals surface area contributed by atoms with E-state index in [9.17, 15) is 4.79 Å². The number of aromatic nitrogens is 2. The van der Waals surface area contributed by atoms with Crippen LogP contribution in [0.2, 0.25) is 0 Å². The standard InChI is InChI=1S/C24H21N3O4S2/c1-29-11-5-10-26-23(28)21(33-24(26)32)13-17-14-27(18-6-3-2-4-7-18)25-22(17)16-8-9-19-20(12-16)31-15-30-19/h2-4,6-9,12-14H,5,10-11,15H2,1H3/b21-13-. The van der Waals surface area contributed by atoms with Crippen molar-refractivity contribution in [3.05, 3.63) is 65.2 Å². The molecule has 2 aromatic carbocycles. The third-order valence-electron chi connectivity index (χ3n) is 5.30. The van der Waals surface area contributed by atoms with E-state index in [1.165, 1.54) is 11.8 Å². The number of carbonyl (C=O) groups excluding carboxylic acids is 1. The van der Waals surface area contributed by atoms with Crippen molar-refractivity contribution in [1.82, 2.24) is 14.7 Å². The van der Waals surface area contributed by atoms with Gasteiger partial charge in [0.2, 0.25) is 6.79 Å². The van der Waals surface area contributed by atoms with Gasteiger partial charge in [0, 0.05) is 37.6 Å². The highest BCUT2D eigenvalue weighted by Gasteiger charge is 2.32. The predicted molar refractivity (Wildman–Crippen MR) is 131 cm³/mol. The molecule has 1 amide bonds. The molecule has 2 aliphatic heterocycles. The van der Waals surface area contributed by atoms with Gasteiger partial charge in [0.1, 0.15) is 10.0 Å². The van der Waals surface area contributed by atoms with Gasteiger partial charge in [0.25, 0.3) is 5.91 Å². The largest absolute Gasteiger partial charge is 0.454 e. The van der Waals surface area contributed by atoms with E-state index in [0.717, 1.165) is 28.9 Å². The number of fused-ring (bicyclic) bond motifs is 1. The topological polar surface area (TPSA) is 65.8 Å². The molecule has 2 aliphatic rings. The second-order valence-electron chi connectivity index (χ2n) is 7.46. The van der Waals surface area contributed by atoms with Gasteiger partial charge >= 0.3 is 0 Å². The number of thioether (sulfide) groups is 1. The summed E-state index contributed by atoms with van der Waals surface area (Å²) in [5.74, 6) is 1.29. The van der Waals surface area contributed by atoms with Crippen LogP contribution in [0.4, 0.5) is 0 Å². The number of ether oxygens (including phenoxy) is 3. The summed E-state index contributed by atoms with van der Waals surface area (Å²) in [5.41, 5.74) is 3.35. The minimum absolute atomic E-state index is 0.0924. The Morgan fingerprint density at radius 3 is 2.82 bits per heavy atom. The van der Waals surface area contributed by atoms with E-state index in [0.29, 0.717) is 33.9 Å². The summed E-state index contributed by atoms with van der Waals surface area (Å²) < 4.78 is 18.5. The smallest absolute Gasteiger partial charge is 0.266 e. The number of amides is 1. The van der Waals surface area contributed by atoms with Crippen molar-refractivity contribution in [2.45, 2.75) is 6.42 Å². The third-order valence-corrected chi connectivity index (χ3v) is 6.68. The number of nitrogens with zero attached hydrogens (tertiary/aromatic N) is 3. The molecule has 7 nitrogen and oxygen atoms in total. The minimum atomic E-state index is -0.0924. The van der Waals surface area contributed by atoms with Crippen LogP contribution in [0.25, 0.3) is 23.0 Å². The highest BCUT2D eigenvalue weighted by molar-refractivity contribution is 8.26. The number of carbonyl (C=O) groups is 1. The average molecular weight is 480 g/mol. The summed E-state index contributed by atoms with van der Waals surface area (Å²) in [7, 11) is 1.65. The number of para-hydroxylation sites is 1. The molecule has 1 aromatic heterocycles. The molecule has 168 valence electrons. The fraction of sp³-hybridized carbons (Fsp3) is 0.208. The molecule has 0 aliphatic carbocycles. The van der Waals surface area contributed by atoms with Gasteiger partial charge in [-0.1, -0.05) is 42.2 Å². The molecule has 0 saturated carbocycles. The average Bonchev–Trinajstić information content (AvgIpc) is 3.53. The first kappa shape index (κ1) is 21.7. The Hall–Kier alpha value is -3.14. The van der Waals surface area contributed by atoms with Crippen molar-refractivity contribution in [2.75, 3.05) is 27.1 Å². The van der Waals surface area contributed by atoms with Crippen molar-refractivity contribution in [3.8, 4) is 28.4 Å². The van der Waals surface area contributed by atoms with Crippen molar-refractivity contribution >= 4 is 40.3 Å². The maximum absolute atomic E-state index is 13.0. The Bertz CT molecular complexity index is 1240. The second-order valence-corrected chi connectivity index (χ2v) is 9.14. The van der Waals surface area contributed by atoms with Gasteiger partial charge < -0.3 is 14.2 Å². The van der Waals surface area contributed by atoms with Crippen LogP contribution >= 0.6 is 24.0 Å². The Morgan fingerprint density at radius 2 is 2.00 bits per heavy atom. The van der Waals surface area contributed by atoms with Crippen LogP contribution in [0.1, 0.15) is 12.0 Å². The van der Waals surface area contributed by atoms with Gasteiger partial charge in [-0.2, -0.15) is 5.10 Å². The molecule has 0 unspecified atom stereocenters. The summed E-state index contributed by atoms with van der Waals surface area (Å²) in [6, 6.07) is 15.6. The van der Waals surface area contributed by atoms with E-state index >= 15 is 0 Å². The highest BCUT2D eigenvalue weighted by Crippen LogP contribution is 2.38. The molecule has 0 spiro atoms. The molecule has 0 N–H and O–H groups in total. The summed E-state index contributed by atoms with van der Waals surface area (Å²) in [4.78, 5) is 15.2. The van der Waals surface area contributed by atoms with Gasteiger partial charge in [-0.05, 0) is 42.8 Å². The lowest BCUT2D eigenvalue weighted by molar-refractivity contribution is -0.122. The molecule has 1 fully saturated rings. The fourth-order valence-corrected chi connectivity index (χ4v) is 4.97. The molecule has 0 radical (unpaired) electrons. The zero-order valence-corrected chi connectivity index (χ0v) is 19.5. The molecule has 5 rings (SSSR count). The van der Waals surface area contributed by atoms with Crippen LogP contribution in [-0.4, -0.2) is 52.0 Å². The fourth-order valence-electron chi connectivity index (χ4n) is 3.68. The van der Waals surface area contributed by atoms with E-state index in [4.69, 9.17) is 31.5 Å². The molecular weight excluding hydrogens is 458 g/mol.